The van der Waals surface area contributed by atoms with Crippen LogP contribution in [0.5, 0.6) is 0 Å². The molecule has 1 atom stereocenters. The van der Waals surface area contributed by atoms with Gasteiger partial charge in [0.1, 0.15) is 6.54 Å². The van der Waals surface area contributed by atoms with E-state index in [4.69, 9.17) is 0 Å². The highest BCUT2D eigenvalue weighted by molar-refractivity contribution is 5.78. The third kappa shape index (κ3) is 6.24. The standard InChI is InChI=1S/C13H17F3N2O/c1-9-4-3-5-11(6-9)10(2)17-7-12(19)18-8-13(14,15)16/h3-6,10,17H,7-8H2,1-2H3,(H,18,19)/t10-/m1/s1. The number of rotatable bonds is 5. The van der Waals surface area contributed by atoms with Gasteiger partial charge >= 0.3 is 6.18 Å². The van der Waals surface area contributed by atoms with E-state index in [1.54, 1.807) is 0 Å². The Labute approximate surface area is 110 Å². The number of halogens is 3. The molecule has 0 aliphatic carbocycles. The lowest BCUT2D eigenvalue weighted by molar-refractivity contribution is -0.137. The minimum absolute atomic E-state index is 0.100. The molecule has 0 bridgehead atoms. The fourth-order valence-electron chi connectivity index (χ4n) is 1.56. The number of hydrogen-bond donors (Lipinski definition) is 2. The second kappa shape index (κ2) is 6.56. The summed E-state index contributed by atoms with van der Waals surface area (Å²) < 4.78 is 35.7. The van der Waals surface area contributed by atoms with Gasteiger partial charge in [0.25, 0.3) is 0 Å². The van der Waals surface area contributed by atoms with Crippen molar-refractivity contribution in [3.63, 3.8) is 0 Å². The van der Waals surface area contributed by atoms with Crippen LogP contribution in [0.3, 0.4) is 0 Å². The first-order valence-electron chi connectivity index (χ1n) is 5.91. The quantitative estimate of drug-likeness (QED) is 0.865. The Morgan fingerprint density at radius 3 is 2.63 bits per heavy atom. The van der Waals surface area contributed by atoms with Gasteiger partial charge in [-0.1, -0.05) is 29.8 Å². The van der Waals surface area contributed by atoms with E-state index in [9.17, 15) is 18.0 Å². The third-order valence-electron chi connectivity index (χ3n) is 2.60. The van der Waals surface area contributed by atoms with Crippen LogP contribution >= 0.6 is 0 Å². The van der Waals surface area contributed by atoms with Crippen LogP contribution in [0.1, 0.15) is 24.1 Å². The molecule has 3 nitrogen and oxygen atoms in total. The Balaban J connectivity index is 2.38. The predicted octanol–water partition coefficient (Wildman–Crippen LogP) is 2.32. The van der Waals surface area contributed by atoms with Crippen molar-refractivity contribution in [3.8, 4) is 0 Å². The minimum Gasteiger partial charge on any atom is -0.346 e. The molecule has 0 heterocycles. The molecule has 1 amide bonds. The van der Waals surface area contributed by atoms with Gasteiger partial charge in [0.2, 0.25) is 5.91 Å². The summed E-state index contributed by atoms with van der Waals surface area (Å²) >= 11 is 0. The van der Waals surface area contributed by atoms with Crippen LogP contribution in [0.4, 0.5) is 13.2 Å². The largest absolute Gasteiger partial charge is 0.405 e. The second-order valence-corrected chi connectivity index (χ2v) is 4.41. The van der Waals surface area contributed by atoms with Crippen LogP contribution < -0.4 is 10.6 Å². The zero-order valence-electron chi connectivity index (χ0n) is 10.8. The van der Waals surface area contributed by atoms with E-state index in [2.05, 4.69) is 5.32 Å². The zero-order valence-corrected chi connectivity index (χ0v) is 10.8. The van der Waals surface area contributed by atoms with Crippen LogP contribution in [0.2, 0.25) is 0 Å². The van der Waals surface area contributed by atoms with Gasteiger partial charge in [-0.15, -0.1) is 0 Å². The molecule has 0 saturated carbocycles. The SMILES string of the molecule is Cc1cccc([C@@H](C)NCC(=O)NCC(F)(F)F)c1. The summed E-state index contributed by atoms with van der Waals surface area (Å²) in [4.78, 5) is 11.2. The van der Waals surface area contributed by atoms with Gasteiger partial charge in [0.05, 0.1) is 6.54 Å². The van der Waals surface area contributed by atoms with Gasteiger partial charge < -0.3 is 10.6 Å². The molecule has 0 aliphatic heterocycles. The number of carbonyl (C=O) groups excluding carboxylic acids is 1. The van der Waals surface area contributed by atoms with Crippen molar-refractivity contribution >= 4 is 5.91 Å². The van der Waals surface area contributed by atoms with E-state index in [1.165, 1.54) is 0 Å². The van der Waals surface area contributed by atoms with Crippen molar-refractivity contribution < 1.29 is 18.0 Å². The highest BCUT2D eigenvalue weighted by Gasteiger charge is 2.27. The molecule has 0 aromatic heterocycles. The number of nitrogens with one attached hydrogen (secondary N) is 2. The molecule has 0 aliphatic rings. The predicted molar refractivity (Wildman–Crippen MR) is 66.7 cm³/mol. The van der Waals surface area contributed by atoms with Crippen molar-refractivity contribution in [2.24, 2.45) is 0 Å². The summed E-state index contributed by atoms with van der Waals surface area (Å²) in [6.07, 6.45) is -4.38. The van der Waals surface area contributed by atoms with E-state index >= 15 is 0 Å². The summed E-state index contributed by atoms with van der Waals surface area (Å²) in [6.45, 7) is 2.36. The van der Waals surface area contributed by atoms with E-state index < -0.39 is 18.6 Å². The molecule has 0 fully saturated rings. The van der Waals surface area contributed by atoms with Gasteiger partial charge in [0, 0.05) is 6.04 Å². The van der Waals surface area contributed by atoms with E-state index in [1.807, 2.05) is 43.4 Å². The lowest BCUT2D eigenvalue weighted by Crippen LogP contribution is -2.39. The second-order valence-electron chi connectivity index (χ2n) is 4.41. The van der Waals surface area contributed by atoms with Crippen LogP contribution in [0.15, 0.2) is 24.3 Å². The van der Waals surface area contributed by atoms with Gasteiger partial charge in [-0.05, 0) is 19.4 Å². The maximum atomic E-state index is 11.9. The molecule has 0 spiro atoms. The van der Waals surface area contributed by atoms with Gasteiger partial charge in [-0.25, -0.2) is 0 Å². The molecule has 106 valence electrons. The molecule has 1 rings (SSSR count). The van der Waals surface area contributed by atoms with Crippen molar-refractivity contribution in [1.29, 1.82) is 0 Å². The number of hydrogen-bond acceptors (Lipinski definition) is 2. The molecule has 19 heavy (non-hydrogen) atoms. The first-order chi connectivity index (χ1) is 8.78. The maximum absolute atomic E-state index is 11.9. The minimum atomic E-state index is -4.38. The molecule has 1 aromatic rings. The Morgan fingerprint density at radius 2 is 2.05 bits per heavy atom. The highest BCUT2D eigenvalue weighted by atomic mass is 19.4. The van der Waals surface area contributed by atoms with Crippen molar-refractivity contribution in [2.45, 2.75) is 26.1 Å². The average Bonchev–Trinajstić information content (AvgIpc) is 2.32. The normalized spacial score (nSPS) is 13.1. The number of carbonyl (C=O) groups is 1. The fraction of sp³-hybridized carbons (Fsp3) is 0.462. The van der Waals surface area contributed by atoms with Crippen LogP contribution in [0.25, 0.3) is 0 Å². The van der Waals surface area contributed by atoms with E-state index in [0.29, 0.717) is 0 Å². The van der Waals surface area contributed by atoms with Crippen LogP contribution in [-0.4, -0.2) is 25.2 Å². The van der Waals surface area contributed by atoms with Gasteiger partial charge in [0.15, 0.2) is 0 Å². The van der Waals surface area contributed by atoms with Gasteiger partial charge in [-0.2, -0.15) is 13.2 Å². The zero-order chi connectivity index (χ0) is 14.5. The molecule has 1 aromatic carbocycles. The summed E-state index contributed by atoms with van der Waals surface area (Å²) in [7, 11) is 0. The molecule has 0 saturated heterocycles. The average molecular weight is 274 g/mol. The molecule has 2 N–H and O–H groups in total. The number of alkyl halides is 3. The lowest BCUT2D eigenvalue weighted by Gasteiger charge is -2.15. The summed E-state index contributed by atoms with van der Waals surface area (Å²) in [5, 5.41) is 4.70. The molecular formula is C13H17F3N2O. The van der Waals surface area contributed by atoms with E-state index in [-0.39, 0.29) is 12.6 Å². The number of benzene rings is 1. The van der Waals surface area contributed by atoms with E-state index in [0.717, 1.165) is 11.1 Å². The van der Waals surface area contributed by atoms with Crippen molar-refractivity contribution in [3.05, 3.63) is 35.4 Å². The Morgan fingerprint density at radius 1 is 1.37 bits per heavy atom. The molecule has 0 unspecified atom stereocenters. The molecule has 0 radical (unpaired) electrons. The molecular weight excluding hydrogens is 257 g/mol. The Hall–Kier alpha value is -1.56. The van der Waals surface area contributed by atoms with Crippen LogP contribution in [-0.2, 0) is 4.79 Å². The number of aryl methyl sites for hydroxylation is 1. The summed E-state index contributed by atoms with van der Waals surface area (Å²) in [5.74, 6) is -0.670. The lowest BCUT2D eigenvalue weighted by atomic mass is 10.1. The van der Waals surface area contributed by atoms with Crippen molar-refractivity contribution in [1.82, 2.24) is 10.6 Å². The smallest absolute Gasteiger partial charge is 0.346 e. The highest BCUT2D eigenvalue weighted by Crippen LogP contribution is 2.13. The third-order valence-corrected chi connectivity index (χ3v) is 2.60. The first-order valence-corrected chi connectivity index (χ1v) is 5.91. The Kier molecular flexibility index (Phi) is 5.35. The topological polar surface area (TPSA) is 41.1 Å². The fourth-order valence-corrected chi connectivity index (χ4v) is 1.56. The Bertz CT molecular complexity index is 432. The maximum Gasteiger partial charge on any atom is 0.405 e. The summed E-state index contributed by atoms with van der Waals surface area (Å²) in [5.41, 5.74) is 2.08. The van der Waals surface area contributed by atoms with Gasteiger partial charge in [-0.3, -0.25) is 4.79 Å². The van der Waals surface area contributed by atoms with Crippen molar-refractivity contribution in [2.75, 3.05) is 13.1 Å². The first kappa shape index (κ1) is 15.5. The molecule has 6 heteroatoms. The number of amides is 1. The van der Waals surface area contributed by atoms with Crippen LogP contribution in [0, 0.1) is 6.92 Å². The monoisotopic (exact) mass is 274 g/mol. The summed E-state index contributed by atoms with van der Waals surface area (Å²) in [6, 6.07) is 7.61.